The molecule has 0 saturated heterocycles. The number of rotatable bonds is 7. The maximum Gasteiger partial charge on any atom is 0.261 e. The van der Waals surface area contributed by atoms with Gasteiger partial charge in [-0.15, -0.1) is 0 Å². The van der Waals surface area contributed by atoms with E-state index in [2.05, 4.69) is 5.32 Å². The maximum atomic E-state index is 12.8. The molecule has 4 rings (SSSR count). The van der Waals surface area contributed by atoms with Crippen LogP contribution in [0.15, 0.2) is 60.7 Å². The third kappa shape index (κ3) is 4.07. The lowest BCUT2D eigenvalue weighted by atomic mass is 9.94. The standard InChI is InChI=1S/C24H21ClN2O3/c25-17-11-13-18(14-12-17)26-21(28)10-2-1-3-15-27-23(29)19-8-4-6-16-7-5-9-20(22(16)19)24(27)30/h4-9,11-14H,1-3,10,15H2,(H,26,28). The molecule has 1 aliphatic heterocycles. The fourth-order valence-electron chi connectivity index (χ4n) is 3.77. The topological polar surface area (TPSA) is 66.5 Å². The Morgan fingerprint density at radius 1 is 0.833 bits per heavy atom. The minimum Gasteiger partial charge on any atom is -0.326 e. The lowest BCUT2D eigenvalue weighted by molar-refractivity contribution is -0.116. The number of amides is 3. The summed E-state index contributed by atoms with van der Waals surface area (Å²) in [5, 5.41) is 5.09. The van der Waals surface area contributed by atoms with Crippen LogP contribution < -0.4 is 5.32 Å². The molecular weight excluding hydrogens is 400 g/mol. The average molecular weight is 421 g/mol. The van der Waals surface area contributed by atoms with Crippen molar-refractivity contribution in [2.24, 2.45) is 0 Å². The van der Waals surface area contributed by atoms with Crippen LogP contribution in [0.1, 0.15) is 46.4 Å². The zero-order valence-electron chi connectivity index (χ0n) is 16.4. The van der Waals surface area contributed by atoms with E-state index >= 15 is 0 Å². The molecule has 1 aliphatic rings. The molecule has 0 saturated carbocycles. The molecule has 0 fully saturated rings. The Hall–Kier alpha value is -3.18. The Bertz CT molecular complexity index is 1070. The first kappa shape index (κ1) is 20.1. The second-order valence-electron chi connectivity index (χ2n) is 7.34. The molecule has 30 heavy (non-hydrogen) atoms. The number of carbonyl (C=O) groups excluding carboxylic acids is 3. The lowest BCUT2D eigenvalue weighted by Crippen LogP contribution is -2.40. The predicted molar refractivity (Wildman–Crippen MR) is 118 cm³/mol. The van der Waals surface area contributed by atoms with E-state index < -0.39 is 0 Å². The highest BCUT2D eigenvalue weighted by Gasteiger charge is 2.31. The highest BCUT2D eigenvalue weighted by Crippen LogP contribution is 2.30. The van der Waals surface area contributed by atoms with Crippen LogP contribution in [-0.2, 0) is 4.79 Å². The van der Waals surface area contributed by atoms with Gasteiger partial charge in [0.2, 0.25) is 5.91 Å². The Balaban J connectivity index is 1.29. The van der Waals surface area contributed by atoms with Gasteiger partial charge >= 0.3 is 0 Å². The van der Waals surface area contributed by atoms with E-state index in [1.54, 1.807) is 36.4 Å². The second kappa shape index (κ2) is 8.67. The van der Waals surface area contributed by atoms with E-state index in [0.717, 1.165) is 17.2 Å². The van der Waals surface area contributed by atoms with Crippen LogP contribution in [0.25, 0.3) is 10.8 Å². The first-order chi connectivity index (χ1) is 14.5. The minimum absolute atomic E-state index is 0.0666. The molecule has 6 heteroatoms. The van der Waals surface area contributed by atoms with Gasteiger partial charge in [0.15, 0.2) is 0 Å². The molecule has 3 aromatic rings. The molecule has 0 aromatic heterocycles. The molecule has 0 bridgehead atoms. The van der Waals surface area contributed by atoms with Gasteiger partial charge in [-0.2, -0.15) is 0 Å². The number of hydrogen-bond acceptors (Lipinski definition) is 3. The molecule has 1 N–H and O–H groups in total. The predicted octanol–water partition coefficient (Wildman–Crippen LogP) is 5.29. The van der Waals surface area contributed by atoms with Crippen molar-refractivity contribution < 1.29 is 14.4 Å². The number of hydrogen-bond donors (Lipinski definition) is 1. The normalized spacial score (nSPS) is 13.0. The van der Waals surface area contributed by atoms with Crippen molar-refractivity contribution in [1.82, 2.24) is 4.90 Å². The van der Waals surface area contributed by atoms with Crippen molar-refractivity contribution in [3.05, 3.63) is 76.8 Å². The molecule has 0 unspecified atom stereocenters. The third-order valence-corrected chi connectivity index (χ3v) is 5.52. The van der Waals surface area contributed by atoms with Crippen LogP contribution in [0.2, 0.25) is 5.02 Å². The number of anilines is 1. The first-order valence-corrected chi connectivity index (χ1v) is 10.4. The smallest absolute Gasteiger partial charge is 0.261 e. The zero-order chi connectivity index (χ0) is 21.1. The van der Waals surface area contributed by atoms with Gasteiger partial charge in [0.25, 0.3) is 11.8 Å². The first-order valence-electron chi connectivity index (χ1n) is 9.98. The highest BCUT2D eigenvalue weighted by atomic mass is 35.5. The molecule has 0 aliphatic carbocycles. The molecule has 152 valence electrons. The Morgan fingerprint density at radius 3 is 2.10 bits per heavy atom. The number of carbonyl (C=O) groups is 3. The van der Waals surface area contributed by atoms with E-state index in [9.17, 15) is 14.4 Å². The molecule has 0 atom stereocenters. The number of halogens is 1. The van der Waals surface area contributed by atoms with Gasteiger partial charge < -0.3 is 5.32 Å². The van der Waals surface area contributed by atoms with Crippen molar-refractivity contribution in [2.45, 2.75) is 25.7 Å². The molecule has 5 nitrogen and oxygen atoms in total. The van der Waals surface area contributed by atoms with Gasteiger partial charge in [-0.05, 0) is 54.6 Å². The maximum absolute atomic E-state index is 12.8. The Kier molecular flexibility index (Phi) is 5.81. The van der Waals surface area contributed by atoms with Crippen LogP contribution in [0.5, 0.6) is 0 Å². The zero-order valence-corrected chi connectivity index (χ0v) is 17.1. The van der Waals surface area contributed by atoms with E-state index in [0.29, 0.717) is 47.6 Å². The van der Waals surface area contributed by atoms with E-state index in [-0.39, 0.29) is 17.7 Å². The van der Waals surface area contributed by atoms with E-state index in [4.69, 9.17) is 11.6 Å². The van der Waals surface area contributed by atoms with Gasteiger partial charge in [-0.1, -0.05) is 42.3 Å². The van der Waals surface area contributed by atoms with Crippen molar-refractivity contribution in [3.63, 3.8) is 0 Å². The summed E-state index contributed by atoms with van der Waals surface area (Å²) in [7, 11) is 0. The van der Waals surface area contributed by atoms with Crippen LogP contribution in [-0.4, -0.2) is 29.2 Å². The van der Waals surface area contributed by atoms with Crippen molar-refractivity contribution >= 4 is 45.8 Å². The minimum atomic E-state index is -0.246. The fraction of sp³-hybridized carbons (Fsp3) is 0.208. The quantitative estimate of drug-likeness (QED) is 0.417. The van der Waals surface area contributed by atoms with Crippen LogP contribution in [0, 0.1) is 0 Å². The summed E-state index contributed by atoms with van der Waals surface area (Å²) in [6.45, 7) is 0.348. The highest BCUT2D eigenvalue weighted by molar-refractivity contribution is 6.30. The second-order valence-corrected chi connectivity index (χ2v) is 7.77. The average Bonchev–Trinajstić information content (AvgIpc) is 2.75. The SMILES string of the molecule is O=C(CCCCCN1C(=O)c2cccc3cccc(c23)C1=O)Nc1ccc(Cl)cc1. The van der Waals surface area contributed by atoms with Crippen molar-refractivity contribution in [1.29, 1.82) is 0 Å². The third-order valence-electron chi connectivity index (χ3n) is 5.27. The molecule has 0 spiro atoms. The summed E-state index contributed by atoms with van der Waals surface area (Å²) in [6, 6.07) is 18.0. The largest absolute Gasteiger partial charge is 0.326 e. The molecule has 3 aromatic carbocycles. The summed E-state index contributed by atoms with van der Waals surface area (Å²) in [5.41, 5.74) is 1.86. The number of nitrogens with zero attached hydrogens (tertiary/aromatic N) is 1. The lowest BCUT2D eigenvalue weighted by Gasteiger charge is -2.27. The Labute approximate surface area is 179 Å². The number of imide groups is 1. The molecule has 0 radical (unpaired) electrons. The van der Waals surface area contributed by atoms with Gasteiger partial charge in [0.1, 0.15) is 0 Å². The summed E-state index contributed by atoms with van der Waals surface area (Å²) in [6.07, 6.45) is 2.47. The molecule has 1 heterocycles. The monoisotopic (exact) mass is 420 g/mol. The van der Waals surface area contributed by atoms with E-state index in [1.165, 1.54) is 4.90 Å². The van der Waals surface area contributed by atoms with Gasteiger partial charge in [0.05, 0.1) is 0 Å². The number of unbranched alkanes of at least 4 members (excludes halogenated alkanes) is 2. The molecule has 3 amide bonds. The van der Waals surface area contributed by atoms with Crippen molar-refractivity contribution in [2.75, 3.05) is 11.9 Å². The number of nitrogens with one attached hydrogen (secondary N) is 1. The summed E-state index contributed by atoms with van der Waals surface area (Å²) in [4.78, 5) is 39.1. The molecular formula is C24H21ClN2O3. The van der Waals surface area contributed by atoms with Crippen LogP contribution >= 0.6 is 11.6 Å². The van der Waals surface area contributed by atoms with Gasteiger partial charge in [0, 0.05) is 40.2 Å². The van der Waals surface area contributed by atoms with E-state index in [1.807, 2.05) is 24.3 Å². The van der Waals surface area contributed by atoms with Gasteiger partial charge in [-0.3, -0.25) is 19.3 Å². The Morgan fingerprint density at radius 2 is 1.47 bits per heavy atom. The summed E-state index contributed by atoms with van der Waals surface area (Å²) >= 11 is 5.84. The van der Waals surface area contributed by atoms with Crippen LogP contribution in [0.3, 0.4) is 0 Å². The van der Waals surface area contributed by atoms with Gasteiger partial charge in [-0.25, -0.2) is 0 Å². The summed E-state index contributed by atoms with van der Waals surface area (Å²) in [5.74, 6) is -0.558. The van der Waals surface area contributed by atoms with Crippen molar-refractivity contribution in [3.8, 4) is 0 Å². The number of benzene rings is 3. The fourth-order valence-corrected chi connectivity index (χ4v) is 3.90. The van der Waals surface area contributed by atoms with Crippen LogP contribution in [0.4, 0.5) is 5.69 Å². The summed E-state index contributed by atoms with van der Waals surface area (Å²) < 4.78 is 0.